The third-order valence-electron chi connectivity index (χ3n) is 2.91. The monoisotopic (exact) mass is 436 g/mol. The molecule has 0 heterocycles. The lowest BCUT2D eigenvalue weighted by Gasteiger charge is -2.16. The topological polar surface area (TPSA) is 201 Å². The molecule has 0 aliphatic heterocycles. The number of phosphoric acid groups is 2. The van der Waals surface area contributed by atoms with Crippen LogP contribution in [-0.2, 0) is 22.5 Å². The minimum Gasteiger partial charge on any atom is -0.465 e. The Morgan fingerprint density at radius 2 is 1.07 bits per heavy atom. The lowest BCUT2D eigenvalue weighted by Crippen LogP contribution is -2.21. The van der Waals surface area contributed by atoms with Crippen LogP contribution in [0, 0.1) is 0 Å². The van der Waals surface area contributed by atoms with Crippen LogP contribution in [0.2, 0.25) is 0 Å². The van der Waals surface area contributed by atoms with Gasteiger partial charge in [-0.25, -0.2) is 18.7 Å². The highest BCUT2D eigenvalue weighted by molar-refractivity contribution is 7.61. The molecule has 2 amide bonds. The van der Waals surface area contributed by atoms with Crippen molar-refractivity contribution in [2.45, 2.75) is 38.5 Å². The Bertz CT molecular complexity index is 499. The van der Waals surface area contributed by atoms with Crippen LogP contribution in [0.3, 0.4) is 0 Å². The smallest absolute Gasteiger partial charge is 0.465 e. The van der Waals surface area contributed by atoms with Gasteiger partial charge in [-0.05, 0) is 38.5 Å². The molecule has 0 spiro atoms. The third kappa shape index (κ3) is 17.9. The Morgan fingerprint density at radius 3 is 1.41 bits per heavy atom. The predicted molar refractivity (Wildman–Crippen MR) is 92.4 cm³/mol. The average molecular weight is 436 g/mol. The molecule has 0 saturated carbocycles. The quantitative estimate of drug-likeness (QED) is 0.153. The van der Waals surface area contributed by atoms with E-state index in [0.717, 1.165) is 0 Å². The molecule has 160 valence electrons. The van der Waals surface area contributed by atoms with Crippen molar-refractivity contribution in [1.29, 1.82) is 0 Å². The van der Waals surface area contributed by atoms with Crippen molar-refractivity contribution in [2.75, 3.05) is 26.3 Å². The fraction of sp³-hybridized carbons (Fsp3) is 0.833. The van der Waals surface area contributed by atoms with E-state index >= 15 is 0 Å². The maximum atomic E-state index is 11.6. The first-order valence-corrected chi connectivity index (χ1v) is 11.1. The summed E-state index contributed by atoms with van der Waals surface area (Å²) in [7, 11) is -9.57. The maximum absolute atomic E-state index is 11.6. The Hall–Kier alpha value is -1.20. The molecule has 0 aromatic rings. The van der Waals surface area contributed by atoms with Crippen molar-refractivity contribution >= 4 is 27.8 Å². The second kappa shape index (κ2) is 13.9. The van der Waals surface area contributed by atoms with Crippen LogP contribution in [0.1, 0.15) is 38.5 Å². The first kappa shape index (κ1) is 25.8. The van der Waals surface area contributed by atoms with Crippen LogP contribution < -0.4 is 10.6 Å². The minimum atomic E-state index is -4.79. The average Bonchev–Trinajstić information content (AvgIpc) is 2.51. The van der Waals surface area contributed by atoms with E-state index in [2.05, 4.69) is 24.0 Å². The summed E-state index contributed by atoms with van der Waals surface area (Å²) in [5, 5.41) is 21.0. The van der Waals surface area contributed by atoms with Crippen LogP contribution in [0.25, 0.3) is 0 Å². The van der Waals surface area contributed by atoms with Gasteiger partial charge in [0.2, 0.25) is 0 Å². The fourth-order valence-electron chi connectivity index (χ4n) is 1.74. The highest BCUT2D eigenvalue weighted by atomic mass is 31.3. The molecule has 2 unspecified atom stereocenters. The van der Waals surface area contributed by atoms with Gasteiger partial charge in [0.15, 0.2) is 0 Å². The molecule has 0 aromatic carbocycles. The molecule has 6 N–H and O–H groups in total. The number of amides is 2. The van der Waals surface area contributed by atoms with Crippen LogP contribution >= 0.6 is 15.6 Å². The highest BCUT2D eigenvalue weighted by Gasteiger charge is 2.34. The van der Waals surface area contributed by atoms with Gasteiger partial charge < -0.3 is 30.6 Å². The SMILES string of the molecule is O=C(O)NCCCCCOP(=O)(O)OP(=O)(O)OCCCCCNC(=O)O. The van der Waals surface area contributed by atoms with Gasteiger partial charge in [-0.2, -0.15) is 4.31 Å². The van der Waals surface area contributed by atoms with Gasteiger partial charge in [0, 0.05) is 13.1 Å². The molecule has 0 aromatic heterocycles. The summed E-state index contributed by atoms with van der Waals surface area (Å²) in [5.41, 5.74) is 0. The zero-order valence-electron chi connectivity index (χ0n) is 14.6. The third-order valence-corrected chi connectivity index (χ3v) is 5.58. The number of rotatable bonds is 16. The van der Waals surface area contributed by atoms with Crippen molar-refractivity contribution in [3.8, 4) is 0 Å². The molecule has 0 fully saturated rings. The van der Waals surface area contributed by atoms with E-state index in [4.69, 9.17) is 10.2 Å². The van der Waals surface area contributed by atoms with E-state index in [9.17, 15) is 28.5 Å². The van der Waals surface area contributed by atoms with Gasteiger partial charge >= 0.3 is 27.8 Å². The van der Waals surface area contributed by atoms with Crippen molar-refractivity contribution in [3.63, 3.8) is 0 Å². The molecule has 15 heteroatoms. The van der Waals surface area contributed by atoms with E-state index in [0.29, 0.717) is 38.5 Å². The Balaban J connectivity index is 3.85. The lowest BCUT2D eigenvalue weighted by molar-refractivity contribution is 0.152. The van der Waals surface area contributed by atoms with E-state index < -0.39 is 27.8 Å². The summed E-state index contributed by atoms with van der Waals surface area (Å²) < 4.78 is 36.4. The molecule has 27 heavy (non-hydrogen) atoms. The normalized spacial score (nSPS) is 15.5. The molecule has 13 nitrogen and oxygen atoms in total. The maximum Gasteiger partial charge on any atom is 0.481 e. The van der Waals surface area contributed by atoms with Gasteiger partial charge in [-0.3, -0.25) is 9.05 Å². The number of phosphoric ester groups is 2. The predicted octanol–water partition coefficient (Wildman–Crippen LogP) is 2.11. The molecule has 0 radical (unpaired) electrons. The molecule has 0 aliphatic rings. The van der Waals surface area contributed by atoms with E-state index in [1.807, 2.05) is 0 Å². The van der Waals surface area contributed by atoms with Crippen molar-refractivity contribution < 1.29 is 52.1 Å². The van der Waals surface area contributed by atoms with E-state index in [-0.39, 0.29) is 26.3 Å². The highest BCUT2D eigenvalue weighted by Crippen LogP contribution is 2.60. The second-order valence-corrected chi connectivity index (χ2v) is 8.31. The Labute approximate surface area is 156 Å². The Kier molecular flexibility index (Phi) is 13.3. The second-order valence-electron chi connectivity index (χ2n) is 5.27. The molecule has 0 bridgehead atoms. The number of hydrogen-bond donors (Lipinski definition) is 6. The zero-order valence-corrected chi connectivity index (χ0v) is 16.4. The minimum absolute atomic E-state index is 0.225. The zero-order chi connectivity index (χ0) is 20.8. The van der Waals surface area contributed by atoms with Crippen LogP contribution in [0.5, 0.6) is 0 Å². The van der Waals surface area contributed by atoms with Gasteiger partial charge in [-0.1, -0.05) is 0 Å². The molecule has 0 aliphatic carbocycles. The Morgan fingerprint density at radius 1 is 0.704 bits per heavy atom. The molecule has 0 saturated heterocycles. The lowest BCUT2D eigenvalue weighted by atomic mass is 10.2. The summed E-state index contributed by atoms with van der Waals surface area (Å²) in [6.45, 7) is 0.0121. The molecule has 0 rings (SSSR count). The fourth-order valence-corrected chi connectivity index (χ4v) is 3.88. The van der Waals surface area contributed by atoms with Crippen LogP contribution in [0.15, 0.2) is 0 Å². The first-order chi connectivity index (χ1) is 12.5. The van der Waals surface area contributed by atoms with Gasteiger partial charge in [0.25, 0.3) is 0 Å². The standard InChI is InChI=1S/C12H26N2O11P2/c15-11(16)13-7-3-1-5-9-23-26(19,20)25-27(21,22)24-10-6-2-4-8-14-12(17)18/h13-14H,1-10H2,(H,15,16)(H,17,18)(H,19,20)(H,21,22). The number of hydrogen-bond acceptors (Lipinski definition) is 7. The van der Waals surface area contributed by atoms with Gasteiger partial charge in [0.05, 0.1) is 13.2 Å². The molecular formula is C12H26N2O11P2. The summed E-state index contributed by atoms with van der Waals surface area (Å²) in [6.07, 6.45) is 0.345. The van der Waals surface area contributed by atoms with Crippen molar-refractivity contribution in [3.05, 3.63) is 0 Å². The summed E-state index contributed by atoms with van der Waals surface area (Å²) in [4.78, 5) is 39.2. The number of nitrogens with one attached hydrogen (secondary N) is 2. The summed E-state index contributed by atoms with van der Waals surface area (Å²) in [6, 6.07) is 0. The molecule has 2 atom stereocenters. The van der Waals surface area contributed by atoms with Crippen LogP contribution in [0.4, 0.5) is 9.59 Å². The van der Waals surface area contributed by atoms with E-state index in [1.165, 1.54) is 0 Å². The van der Waals surface area contributed by atoms with Crippen molar-refractivity contribution in [2.24, 2.45) is 0 Å². The number of carboxylic acid groups (broad SMARTS) is 2. The van der Waals surface area contributed by atoms with Gasteiger partial charge in [0.1, 0.15) is 0 Å². The van der Waals surface area contributed by atoms with Gasteiger partial charge in [-0.15, -0.1) is 0 Å². The van der Waals surface area contributed by atoms with E-state index in [1.54, 1.807) is 0 Å². The number of unbranched alkanes of at least 4 members (excludes halogenated alkanes) is 4. The van der Waals surface area contributed by atoms with Crippen LogP contribution in [-0.4, -0.2) is 58.5 Å². The number of carbonyl (C=O) groups is 2. The summed E-state index contributed by atoms with van der Waals surface area (Å²) >= 11 is 0. The first-order valence-electron chi connectivity index (χ1n) is 8.14. The largest absolute Gasteiger partial charge is 0.481 e. The summed E-state index contributed by atoms with van der Waals surface area (Å²) in [5.74, 6) is 0. The van der Waals surface area contributed by atoms with Crippen molar-refractivity contribution in [1.82, 2.24) is 10.6 Å². The molecular weight excluding hydrogens is 410 g/mol.